The van der Waals surface area contributed by atoms with Gasteiger partial charge in [-0.1, -0.05) is 0 Å². The van der Waals surface area contributed by atoms with Gasteiger partial charge in [-0.05, 0) is 51.9 Å². The van der Waals surface area contributed by atoms with Crippen LogP contribution in [0.5, 0.6) is 0 Å². The Balaban J connectivity index is 2.03. The van der Waals surface area contributed by atoms with Gasteiger partial charge in [0.05, 0.1) is 0 Å². The van der Waals surface area contributed by atoms with Crippen molar-refractivity contribution in [3.63, 3.8) is 0 Å². The first-order valence-corrected chi connectivity index (χ1v) is 4.66. The summed E-state index contributed by atoms with van der Waals surface area (Å²) in [5.74, 6) is 1.94. The lowest BCUT2D eigenvalue weighted by Crippen LogP contribution is -2.34. The normalized spacial score (nSPS) is 43.4. The molecule has 1 aliphatic carbocycles. The second-order valence-electron chi connectivity index (χ2n) is 4.19. The summed E-state index contributed by atoms with van der Waals surface area (Å²) in [6, 6.07) is 0.856. The van der Waals surface area contributed by atoms with Crippen LogP contribution in [-0.2, 0) is 0 Å². The van der Waals surface area contributed by atoms with Crippen molar-refractivity contribution in [1.29, 1.82) is 0 Å². The molecule has 1 saturated heterocycles. The summed E-state index contributed by atoms with van der Waals surface area (Å²) in [5.41, 5.74) is 0. The largest absolute Gasteiger partial charge is 0.316 e. The third-order valence-corrected chi connectivity index (χ3v) is 3.38. The molecule has 1 aliphatic heterocycles. The fourth-order valence-corrected chi connectivity index (χ4v) is 2.76. The van der Waals surface area contributed by atoms with E-state index in [4.69, 9.17) is 0 Å². The molecule has 0 amide bonds. The molecule has 0 aromatic rings. The Labute approximate surface area is 69.0 Å². The maximum atomic E-state index is 3.48. The van der Waals surface area contributed by atoms with Gasteiger partial charge in [0.25, 0.3) is 0 Å². The summed E-state index contributed by atoms with van der Waals surface area (Å²) in [5, 5.41) is 3.48. The van der Waals surface area contributed by atoms with E-state index in [0.717, 1.165) is 17.9 Å². The molecule has 1 N–H and O–H groups in total. The Morgan fingerprint density at radius 3 is 2.73 bits per heavy atom. The Kier molecular flexibility index (Phi) is 1.90. The molecule has 3 atom stereocenters. The third kappa shape index (κ3) is 1.18. The molecule has 64 valence electrons. The zero-order valence-corrected chi connectivity index (χ0v) is 7.51. The molecule has 1 heterocycles. The van der Waals surface area contributed by atoms with E-state index in [1.807, 2.05) is 0 Å². The predicted octanol–water partition coefficient (Wildman–Crippen LogP) is 0.546. The van der Waals surface area contributed by atoms with E-state index in [2.05, 4.69) is 24.3 Å². The zero-order chi connectivity index (χ0) is 7.84. The van der Waals surface area contributed by atoms with Crippen molar-refractivity contribution in [2.75, 3.05) is 27.2 Å². The molecule has 0 aromatic heterocycles. The quantitative estimate of drug-likeness (QED) is 0.593. The molecule has 2 rings (SSSR count). The summed E-state index contributed by atoms with van der Waals surface area (Å²) in [4.78, 5) is 2.40. The summed E-state index contributed by atoms with van der Waals surface area (Å²) < 4.78 is 0. The van der Waals surface area contributed by atoms with Crippen molar-refractivity contribution >= 4 is 0 Å². The minimum absolute atomic E-state index is 0.856. The van der Waals surface area contributed by atoms with Crippen LogP contribution in [-0.4, -0.2) is 38.1 Å². The summed E-state index contributed by atoms with van der Waals surface area (Å²) >= 11 is 0. The van der Waals surface area contributed by atoms with Crippen molar-refractivity contribution in [3.05, 3.63) is 0 Å². The Morgan fingerprint density at radius 2 is 2.00 bits per heavy atom. The van der Waals surface area contributed by atoms with Gasteiger partial charge in [0.2, 0.25) is 0 Å². The molecular weight excluding hydrogens is 136 g/mol. The monoisotopic (exact) mass is 154 g/mol. The smallest absolute Gasteiger partial charge is 0.0133 e. The van der Waals surface area contributed by atoms with Gasteiger partial charge in [-0.2, -0.15) is 0 Å². The van der Waals surface area contributed by atoms with Crippen molar-refractivity contribution in [2.24, 2.45) is 11.8 Å². The van der Waals surface area contributed by atoms with Crippen LogP contribution < -0.4 is 5.32 Å². The van der Waals surface area contributed by atoms with Crippen molar-refractivity contribution < 1.29 is 0 Å². The van der Waals surface area contributed by atoms with Gasteiger partial charge in [0, 0.05) is 6.04 Å². The number of hydrogen-bond acceptors (Lipinski definition) is 2. The van der Waals surface area contributed by atoms with E-state index >= 15 is 0 Å². The highest BCUT2D eigenvalue weighted by atomic mass is 15.1. The van der Waals surface area contributed by atoms with Crippen LogP contribution in [0.15, 0.2) is 0 Å². The molecular formula is C9H18N2. The number of hydrogen-bond donors (Lipinski definition) is 1. The molecule has 0 spiro atoms. The lowest BCUT2D eigenvalue weighted by atomic mass is 9.97. The number of nitrogens with one attached hydrogen (secondary N) is 1. The van der Waals surface area contributed by atoms with Crippen LogP contribution in [0.4, 0.5) is 0 Å². The summed E-state index contributed by atoms with van der Waals surface area (Å²) in [6.45, 7) is 2.53. The molecule has 2 heteroatoms. The molecule has 2 fully saturated rings. The van der Waals surface area contributed by atoms with Crippen LogP contribution in [0, 0.1) is 11.8 Å². The number of nitrogens with zero attached hydrogens (tertiary/aromatic N) is 1. The lowest BCUT2D eigenvalue weighted by Gasteiger charge is -2.24. The van der Waals surface area contributed by atoms with Crippen molar-refractivity contribution in [3.8, 4) is 0 Å². The van der Waals surface area contributed by atoms with Crippen LogP contribution in [0.25, 0.3) is 0 Å². The van der Waals surface area contributed by atoms with Crippen molar-refractivity contribution in [1.82, 2.24) is 10.2 Å². The van der Waals surface area contributed by atoms with E-state index in [9.17, 15) is 0 Å². The van der Waals surface area contributed by atoms with Gasteiger partial charge >= 0.3 is 0 Å². The van der Waals surface area contributed by atoms with Crippen molar-refractivity contribution in [2.45, 2.75) is 18.9 Å². The highest BCUT2D eigenvalue weighted by molar-refractivity contribution is 4.95. The Morgan fingerprint density at radius 1 is 1.18 bits per heavy atom. The van der Waals surface area contributed by atoms with E-state index in [1.165, 1.54) is 25.9 Å². The zero-order valence-electron chi connectivity index (χ0n) is 7.51. The summed E-state index contributed by atoms with van der Waals surface area (Å²) in [7, 11) is 4.43. The van der Waals surface area contributed by atoms with Gasteiger partial charge in [0.1, 0.15) is 0 Å². The van der Waals surface area contributed by atoms with Gasteiger partial charge in [-0.15, -0.1) is 0 Å². The Hall–Kier alpha value is -0.0800. The van der Waals surface area contributed by atoms with Crippen LogP contribution in [0.1, 0.15) is 12.8 Å². The number of fused-ring (bicyclic) bond motifs is 1. The van der Waals surface area contributed by atoms with Gasteiger partial charge in [0.15, 0.2) is 0 Å². The predicted molar refractivity (Wildman–Crippen MR) is 46.6 cm³/mol. The average molecular weight is 154 g/mol. The standard InChI is InChI=1S/C9H18N2/c1-11(2)9-4-3-7-5-10-6-8(7)9/h7-10H,3-6H2,1-2H3/t7-,8+,9+/m0/s1. The molecule has 2 aliphatic rings. The Bertz CT molecular complexity index is 144. The average Bonchev–Trinajstić information content (AvgIpc) is 2.41. The fourth-order valence-electron chi connectivity index (χ4n) is 2.76. The molecule has 0 radical (unpaired) electrons. The van der Waals surface area contributed by atoms with E-state index in [1.54, 1.807) is 0 Å². The minimum atomic E-state index is 0.856. The third-order valence-electron chi connectivity index (χ3n) is 3.38. The SMILES string of the molecule is CN(C)[C@@H]1CC[C@H]2CNC[C@H]21. The van der Waals surface area contributed by atoms with E-state index < -0.39 is 0 Å². The molecule has 0 aromatic carbocycles. The second-order valence-corrected chi connectivity index (χ2v) is 4.19. The second kappa shape index (κ2) is 2.76. The highest BCUT2D eigenvalue weighted by Crippen LogP contribution is 2.36. The van der Waals surface area contributed by atoms with Crippen LogP contribution >= 0.6 is 0 Å². The first-order valence-electron chi connectivity index (χ1n) is 4.66. The lowest BCUT2D eigenvalue weighted by molar-refractivity contribution is 0.236. The van der Waals surface area contributed by atoms with Gasteiger partial charge < -0.3 is 10.2 Å². The fraction of sp³-hybridized carbons (Fsp3) is 1.00. The first-order chi connectivity index (χ1) is 5.29. The topological polar surface area (TPSA) is 15.3 Å². The molecule has 11 heavy (non-hydrogen) atoms. The molecule has 0 bridgehead atoms. The van der Waals surface area contributed by atoms with E-state index in [-0.39, 0.29) is 0 Å². The molecule has 1 saturated carbocycles. The summed E-state index contributed by atoms with van der Waals surface area (Å²) in [6.07, 6.45) is 2.87. The number of rotatable bonds is 1. The van der Waals surface area contributed by atoms with Crippen LogP contribution in [0.3, 0.4) is 0 Å². The van der Waals surface area contributed by atoms with Gasteiger partial charge in [-0.3, -0.25) is 0 Å². The maximum absolute atomic E-state index is 3.48. The molecule has 2 nitrogen and oxygen atoms in total. The van der Waals surface area contributed by atoms with Gasteiger partial charge in [-0.25, -0.2) is 0 Å². The molecule has 0 unspecified atom stereocenters. The first kappa shape index (κ1) is 7.56. The highest BCUT2D eigenvalue weighted by Gasteiger charge is 2.39. The minimum Gasteiger partial charge on any atom is -0.316 e. The van der Waals surface area contributed by atoms with Crippen LogP contribution in [0.2, 0.25) is 0 Å². The van der Waals surface area contributed by atoms with E-state index in [0.29, 0.717) is 0 Å². The maximum Gasteiger partial charge on any atom is 0.0133 e.